The predicted octanol–water partition coefficient (Wildman–Crippen LogP) is 2.27. The Balaban J connectivity index is 2.18. The van der Waals surface area contributed by atoms with Crippen molar-refractivity contribution in [2.24, 2.45) is 5.92 Å². The molecule has 0 radical (unpaired) electrons. The first-order valence-electron chi connectivity index (χ1n) is 7.53. The van der Waals surface area contributed by atoms with Gasteiger partial charge in [0.15, 0.2) is 0 Å². The molecule has 1 fully saturated rings. The summed E-state index contributed by atoms with van der Waals surface area (Å²) in [7, 11) is -3.29. The summed E-state index contributed by atoms with van der Waals surface area (Å²) in [5.74, 6) is 0.0103. The molecule has 5 heteroatoms. The second-order valence-corrected chi connectivity index (χ2v) is 8.04. The van der Waals surface area contributed by atoms with Crippen LogP contribution < -0.4 is 4.72 Å². The maximum absolute atomic E-state index is 12.5. The van der Waals surface area contributed by atoms with Crippen molar-refractivity contribution in [2.75, 3.05) is 13.2 Å². The fraction of sp³-hybridized carbons (Fsp3) is 0.625. The molecular formula is C16H25NO3S. The van der Waals surface area contributed by atoms with Gasteiger partial charge in [0.05, 0.1) is 11.9 Å². The van der Waals surface area contributed by atoms with Gasteiger partial charge < -0.3 is 4.74 Å². The summed E-state index contributed by atoms with van der Waals surface area (Å²) in [4.78, 5) is 0. The van der Waals surface area contributed by atoms with Gasteiger partial charge in [-0.25, -0.2) is 13.1 Å². The number of hydrogen-bond acceptors (Lipinski definition) is 3. The Morgan fingerprint density at radius 1 is 1.33 bits per heavy atom. The Kier molecular flexibility index (Phi) is 5.41. The van der Waals surface area contributed by atoms with Crippen LogP contribution in [0.3, 0.4) is 0 Å². The molecule has 1 aliphatic heterocycles. The van der Waals surface area contributed by atoms with Gasteiger partial charge >= 0.3 is 0 Å². The van der Waals surface area contributed by atoms with Gasteiger partial charge in [-0.3, -0.25) is 0 Å². The minimum absolute atomic E-state index is 0.0103. The maximum Gasteiger partial charge on any atom is 0.215 e. The zero-order chi connectivity index (χ0) is 15.5. The van der Waals surface area contributed by atoms with E-state index in [4.69, 9.17) is 4.74 Å². The SMILES string of the molecule is Cc1ccccc1C[C@@H]1COCC[C@H]1S(=O)(=O)NC(C)C. The van der Waals surface area contributed by atoms with Crippen LogP contribution in [-0.4, -0.2) is 32.9 Å². The highest BCUT2D eigenvalue weighted by atomic mass is 32.2. The van der Waals surface area contributed by atoms with Crippen LogP contribution in [0.2, 0.25) is 0 Å². The number of sulfonamides is 1. The lowest BCUT2D eigenvalue weighted by Crippen LogP contribution is -2.46. The number of benzene rings is 1. The molecule has 0 aliphatic carbocycles. The zero-order valence-corrected chi connectivity index (χ0v) is 13.8. The van der Waals surface area contributed by atoms with Crippen LogP contribution in [0.25, 0.3) is 0 Å². The normalized spacial score (nSPS) is 23.4. The molecule has 0 unspecified atom stereocenters. The molecule has 0 amide bonds. The van der Waals surface area contributed by atoms with E-state index < -0.39 is 10.0 Å². The highest BCUT2D eigenvalue weighted by Gasteiger charge is 2.36. The average Bonchev–Trinajstić information content (AvgIpc) is 2.40. The molecule has 118 valence electrons. The summed E-state index contributed by atoms with van der Waals surface area (Å²) < 4.78 is 33.3. The van der Waals surface area contributed by atoms with E-state index in [2.05, 4.69) is 23.8 Å². The molecule has 1 saturated heterocycles. The van der Waals surface area contributed by atoms with Gasteiger partial charge in [-0.2, -0.15) is 0 Å². The second kappa shape index (κ2) is 6.90. The van der Waals surface area contributed by atoms with E-state index in [1.165, 1.54) is 11.1 Å². The van der Waals surface area contributed by atoms with Crippen molar-refractivity contribution in [1.29, 1.82) is 0 Å². The molecule has 4 nitrogen and oxygen atoms in total. The van der Waals surface area contributed by atoms with Gasteiger partial charge in [0.1, 0.15) is 0 Å². The minimum Gasteiger partial charge on any atom is -0.381 e. The van der Waals surface area contributed by atoms with Crippen molar-refractivity contribution in [1.82, 2.24) is 4.72 Å². The van der Waals surface area contributed by atoms with Gasteiger partial charge in [0.2, 0.25) is 10.0 Å². The molecule has 0 saturated carbocycles. The van der Waals surface area contributed by atoms with Gasteiger partial charge in [0, 0.05) is 18.6 Å². The molecular weight excluding hydrogens is 286 g/mol. The molecule has 1 heterocycles. The molecule has 1 aliphatic rings. The summed E-state index contributed by atoms with van der Waals surface area (Å²) in [6.07, 6.45) is 1.31. The van der Waals surface area contributed by atoms with Crippen LogP contribution in [-0.2, 0) is 21.2 Å². The average molecular weight is 311 g/mol. The highest BCUT2D eigenvalue weighted by Crippen LogP contribution is 2.26. The van der Waals surface area contributed by atoms with Crippen molar-refractivity contribution < 1.29 is 13.2 Å². The largest absolute Gasteiger partial charge is 0.381 e. The van der Waals surface area contributed by atoms with Crippen molar-refractivity contribution >= 4 is 10.0 Å². The molecule has 2 rings (SSSR count). The maximum atomic E-state index is 12.5. The molecule has 0 spiro atoms. The Hall–Kier alpha value is -0.910. The topological polar surface area (TPSA) is 55.4 Å². The van der Waals surface area contributed by atoms with Gasteiger partial charge in [-0.05, 0) is 44.7 Å². The van der Waals surface area contributed by atoms with E-state index in [0.29, 0.717) is 19.6 Å². The van der Waals surface area contributed by atoms with Crippen molar-refractivity contribution in [2.45, 2.75) is 44.9 Å². The van der Waals surface area contributed by atoms with Crippen LogP contribution >= 0.6 is 0 Å². The number of ether oxygens (including phenoxy) is 1. The number of nitrogens with one attached hydrogen (secondary N) is 1. The van der Waals surface area contributed by atoms with Gasteiger partial charge in [-0.1, -0.05) is 24.3 Å². The third-order valence-corrected chi connectivity index (χ3v) is 6.16. The lowest BCUT2D eigenvalue weighted by atomic mass is 9.91. The Bertz CT molecular complexity index is 569. The van der Waals surface area contributed by atoms with Gasteiger partial charge in [-0.15, -0.1) is 0 Å². The molecule has 1 N–H and O–H groups in total. The van der Waals surface area contributed by atoms with Crippen molar-refractivity contribution in [3.63, 3.8) is 0 Å². The third kappa shape index (κ3) is 4.28. The lowest BCUT2D eigenvalue weighted by molar-refractivity contribution is 0.0569. The molecule has 2 atom stereocenters. The van der Waals surface area contributed by atoms with Crippen LogP contribution in [0.15, 0.2) is 24.3 Å². The quantitative estimate of drug-likeness (QED) is 0.907. The van der Waals surface area contributed by atoms with E-state index in [1.807, 2.05) is 26.0 Å². The summed E-state index contributed by atoms with van der Waals surface area (Å²) in [6, 6.07) is 8.07. The van der Waals surface area contributed by atoms with E-state index in [1.54, 1.807) is 0 Å². The smallest absolute Gasteiger partial charge is 0.215 e. The lowest BCUT2D eigenvalue weighted by Gasteiger charge is -2.32. The summed E-state index contributed by atoms with van der Waals surface area (Å²) >= 11 is 0. The van der Waals surface area contributed by atoms with Crippen LogP contribution in [0.5, 0.6) is 0 Å². The third-order valence-electron chi connectivity index (χ3n) is 3.95. The molecule has 1 aromatic rings. The van der Waals surface area contributed by atoms with Crippen molar-refractivity contribution in [3.05, 3.63) is 35.4 Å². The number of rotatable bonds is 5. The standard InChI is InChI=1S/C16H25NO3S/c1-12(2)17-21(18,19)16-8-9-20-11-15(16)10-14-7-5-4-6-13(14)3/h4-7,12,15-17H,8-11H2,1-3H3/t15-,16-/m1/s1. The molecule has 1 aromatic carbocycles. The minimum atomic E-state index is -3.29. The Labute approximate surface area is 127 Å². The summed E-state index contributed by atoms with van der Waals surface area (Å²) in [6.45, 7) is 6.81. The number of hydrogen-bond donors (Lipinski definition) is 1. The predicted molar refractivity (Wildman–Crippen MR) is 84.8 cm³/mol. The van der Waals surface area contributed by atoms with E-state index in [0.717, 1.165) is 6.42 Å². The van der Waals surface area contributed by atoms with E-state index in [9.17, 15) is 8.42 Å². The van der Waals surface area contributed by atoms with Crippen LogP contribution in [0.1, 0.15) is 31.4 Å². The summed E-state index contributed by atoms with van der Waals surface area (Å²) in [5.41, 5.74) is 2.41. The first-order chi connectivity index (χ1) is 9.90. The first-order valence-corrected chi connectivity index (χ1v) is 9.08. The first kappa shape index (κ1) is 16.5. The molecule has 0 aromatic heterocycles. The van der Waals surface area contributed by atoms with Crippen LogP contribution in [0, 0.1) is 12.8 Å². The Morgan fingerprint density at radius 3 is 2.71 bits per heavy atom. The highest BCUT2D eigenvalue weighted by molar-refractivity contribution is 7.90. The fourth-order valence-electron chi connectivity index (χ4n) is 2.91. The van der Waals surface area contributed by atoms with E-state index in [-0.39, 0.29) is 17.2 Å². The fourth-order valence-corrected chi connectivity index (χ4v) is 4.83. The Morgan fingerprint density at radius 2 is 2.05 bits per heavy atom. The monoisotopic (exact) mass is 311 g/mol. The van der Waals surface area contributed by atoms with Crippen LogP contribution in [0.4, 0.5) is 0 Å². The van der Waals surface area contributed by atoms with E-state index >= 15 is 0 Å². The molecule has 0 bridgehead atoms. The van der Waals surface area contributed by atoms with Crippen molar-refractivity contribution in [3.8, 4) is 0 Å². The zero-order valence-electron chi connectivity index (χ0n) is 13.0. The number of aryl methyl sites for hydroxylation is 1. The second-order valence-electron chi connectivity index (χ2n) is 6.11. The summed E-state index contributed by atoms with van der Waals surface area (Å²) in [5, 5.41) is -0.367. The van der Waals surface area contributed by atoms with Gasteiger partial charge in [0.25, 0.3) is 0 Å². The molecule has 21 heavy (non-hydrogen) atoms.